The number of carboxylic acids is 1. The summed E-state index contributed by atoms with van der Waals surface area (Å²) in [5.74, 6) is -0.588. The van der Waals surface area contributed by atoms with Crippen molar-refractivity contribution < 1.29 is 24.2 Å². The zero-order valence-electron chi connectivity index (χ0n) is 19.6. The fourth-order valence-electron chi connectivity index (χ4n) is 6.38. The minimum atomic E-state index is -0.753. The highest BCUT2D eigenvalue weighted by Crippen LogP contribution is 2.52. The molecule has 2 saturated carbocycles. The topological polar surface area (TPSA) is 95.9 Å². The Morgan fingerprint density at radius 2 is 1.57 bits per heavy atom. The predicted octanol–water partition coefficient (Wildman–Crippen LogP) is 3.87. The molecular formula is C28H30N2O5. The number of piperidine rings is 1. The van der Waals surface area contributed by atoms with Crippen molar-refractivity contribution in [3.05, 3.63) is 59.7 Å². The molecule has 2 amide bonds. The molecule has 2 aromatic carbocycles. The largest absolute Gasteiger partial charge is 0.481 e. The molecular weight excluding hydrogens is 444 g/mol. The number of benzene rings is 2. The van der Waals surface area contributed by atoms with E-state index in [1.165, 1.54) is 22.3 Å². The van der Waals surface area contributed by atoms with Gasteiger partial charge in [-0.3, -0.25) is 9.59 Å². The van der Waals surface area contributed by atoms with Crippen LogP contribution in [0, 0.1) is 23.7 Å². The van der Waals surface area contributed by atoms with Gasteiger partial charge in [0.15, 0.2) is 0 Å². The molecule has 1 saturated heterocycles. The van der Waals surface area contributed by atoms with Crippen molar-refractivity contribution in [2.24, 2.45) is 23.7 Å². The van der Waals surface area contributed by atoms with E-state index in [0.29, 0.717) is 13.1 Å². The Bertz CT molecular complexity index is 1120. The van der Waals surface area contributed by atoms with Crippen molar-refractivity contribution in [1.82, 2.24) is 10.2 Å². The minimum absolute atomic E-state index is 0.00261. The molecule has 4 atom stereocenters. The average Bonchev–Trinajstić information content (AvgIpc) is 3.17. The quantitative estimate of drug-likeness (QED) is 0.635. The molecule has 2 unspecified atom stereocenters. The minimum Gasteiger partial charge on any atom is -0.481 e. The number of carboxylic acid groups (broad SMARTS) is 1. The second kappa shape index (κ2) is 8.70. The zero-order valence-corrected chi connectivity index (χ0v) is 19.6. The van der Waals surface area contributed by atoms with Crippen LogP contribution in [0.15, 0.2) is 48.5 Å². The Hall–Kier alpha value is -3.35. The van der Waals surface area contributed by atoms with E-state index in [-0.39, 0.29) is 54.6 Å². The molecule has 0 bridgehead atoms. The Kier molecular flexibility index (Phi) is 5.50. The summed E-state index contributed by atoms with van der Waals surface area (Å²) in [5.41, 5.74) is 4.70. The van der Waals surface area contributed by atoms with E-state index in [4.69, 9.17) is 4.74 Å². The highest BCUT2D eigenvalue weighted by atomic mass is 16.5. The molecule has 3 fully saturated rings. The normalized spacial score (nSPS) is 25.1. The van der Waals surface area contributed by atoms with E-state index in [1.807, 2.05) is 24.3 Å². The third-order valence-electron chi connectivity index (χ3n) is 8.59. The summed E-state index contributed by atoms with van der Waals surface area (Å²) < 4.78 is 5.72. The molecule has 6 rings (SSSR count). The van der Waals surface area contributed by atoms with Crippen LogP contribution in [-0.2, 0) is 14.3 Å². The van der Waals surface area contributed by atoms with Crippen LogP contribution in [-0.4, -0.2) is 53.7 Å². The lowest BCUT2D eigenvalue weighted by molar-refractivity contribution is -0.141. The maximum atomic E-state index is 13.0. The van der Waals surface area contributed by atoms with Crippen LogP contribution in [0.4, 0.5) is 4.79 Å². The van der Waals surface area contributed by atoms with Crippen molar-refractivity contribution in [1.29, 1.82) is 0 Å². The summed E-state index contributed by atoms with van der Waals surface area (Å²) in [7, 11) is 0. The summed E-state index contributed by atoms with van der Waals surface area (Å²) in [6, 6.07) is 16.2. The first kappa shape index (κ1) is 22.1. The van der Waals surface area contributed by atoms with E-state index >= 15 is 0 Å². The number of amides is 2. The fourth-order valence-corrected chi connectivity index (χ4v) is 6.38. The van der Waals surface area contributed by atoms with Gasteiger partial charge in [0, 0.05) is 31.5 Å². The number of carbonyl (C=O) groups excluding carboxylic acids is 2. The summed E-state index contributed by atoms with van der Waals surface area (Å²) in [6.07, 6.45) is 2.86. The second-order valence-corrected chi connectivity index (χ2v) is 10.5. The lowest BCUT2D eigenvalue weighted by Gasteiger charge is -2.34. The second-order valence-electron chi connectivity index (χ2n) is 10.5. The number of nitrogens with zero attached hydrogens (tertiary/aromatic N) is 1. The molecule has 35 heavy (non-hydrogen) atoms. The number of hydrogen-bond acceptors (Lipinski definition) is 4. The van der Waals surface area contributed by atoms with Crippen molar-refractivity contribution in [3.63, 3.8) is 0 Å². The van der Waals surface area contributed by atoms with Gasteiger partial charge >= 0.3 is 12.1 Å². The molecule has 0 radical (unpaired) electrons. The van der Waals surface area contributed by atoms with Crippen LogP contribution in [0.25, 0.3) is 11.1 Å². The third-order valence-corrected chi connectivity index (χ3v) is 8.59. The van der Waals surface area contributed by atoms with E-state index in [9.17, 15) is 19.5 Å². The van der Waals surface area contributed by atoms with Gasteiger partial charge in [-0.1, -0.05) is 55.0 Å². The molecule has 1 aliphatic heterocycles. The number of rotatable bonds is 7. The maximum absolute atomic E-state index is 13.0. The van der Waals surface area contributed by atoms with Gasteiger partial charge in [-0.2, -0.15) is 0 Å². The summed E-state index contributed by atoms with van der Waals surface area (Å²) in [5, 5.41) is 12.2. The third kappa shape index (κ3) is 3.97. The smallest absolute Gasteiger partial charge is 0.407 e. The lowest BCUT2D eigenvalue weighted by atomic mass is 9.78. The van der Waals surface area contributed by atoms with Crippen LogP contribution in [0.3, 0.4) is 0 Å². The summed E-state index contributed by atoms with van der Waals surface area (Å²) in [4.78, 5) is 38.8. The fraction of sp³-hybridized carbons (Fsp3) is 0.464. The van der Waals surface area contributed by atoms with Crippen molar-refractivity contribution >= 4 is 18.0 Å². The summed E-state index contributed by atoms with van der Waals surface area (Å²) in [6.45, 7) is 1.28. The first-order valence-corrected chi connectivity index (χ1v) is 12.6. The number of ether oxygens (including phenoxy) is 1. The Morgan fingerprint density at radius 3 is 2.11 bits per heavy atom. The number of alkyl carbamates (subject to hydrolysis) is 1. The number of aliphatic carboxylic acids is 1. The predicted molar refractivity (Wildman–Crippen MR) is 129 cm³/mol. The van der Waals surface area contributed by atoms with Gasteiger partial charge in [0.05, 0.1) is 5.92 Å². The van der Waals surface area contributed by atoms with Crippen molar-refractivity contribution in [2.45, 2.75) is 37.6 Å². The van der Waals surface area contributed by atoms with Gasteiger partial charge in [-0.25, -0.2) is 4.79 Å². The highest BCUT2D eigenvalue weighted by Gasteiger charge is 2.60. The van der Waals surface area contributed by atoms with Crippen molar-refractivity contribution in [3.8, 4) is 11.1 Å². The molecule has 2 aromatic rings. The molecule has 3 aliphatic carbocycles. The molecule has 182 valence electrons. The van der Waals surface area contributed by atoms with Gasteiger partial charge in [0.2, 0.25) is 5.91 Å². The van der Waals surface area contributed by atoms with Gasteiger partial charge in [0.1, 0.15) is 6.61 Å². The first-order chi connectivity index (χ1) is 17.0. The van der Waals surface area contributed by atoms with Crippen molar-refractivity contribution in [2.75, 3.05) is 19.7 Å². The molecule has 1 heterocycles. The van der Waals surface area contributed by atoms with Gasteiger partial charge in [-0.05, 0) is 52.8 Å². The number of nitrogens with one attached hydrogen (secondary N) is 1. The van der Waals surface area contributed by atoms with Gasteiger partial charge < -0.3 is 20.1 Å². The van der Waals surface area contributed by atoms with Crippen LogP contribution < -0.4 is 5.32 Å². The Labute approximate surface area is 204 Å². The van der Waals surface area contributed by atoms with Crippen LogP contribution in [0.1, 0.15) is 42.7 Å². The van der Waals surface area contributed by atoms with E-state index in [0.717, 1.165) is 19.3 Å². The highest BCUT2D eigenvalue weighted by molar-refractivity contribution is 5.81. The molecule has 7 nitrogen and oxygen atoms in total. The summed E-state index contributed by atoms with van der Waals surface area (Å²) >= 11 is 0. The molecule has 7 heteroatoms. The monoisotopic (exact) mass is 474 g/mol. The molecule has 2 N–H and O–H groups in total. The maximum Gasteiger partial charge on any atom is 0.407 e. The van der Waals surface area contributed by atoms with Gasteiger partial charge in [0.25, 0.3) is 0 Å². The standard InChI is InChI=1S/C28H30N2O5/c31-25(30-13-21-22(14-30)26(21)27(32)33)12-24(16-6-5-7-16)29-28(34)35-15-23-19-10-3-1-8-17(19)18-9-2-4-11-20(18)23/h1-4,8-11,16,21-24,26H,5-7,12-15H2,(H,29,34)(H,32,33)/t21-,22+,24?,26?. The van der Waals surface area contributed by atoms with E-state index < -0.39 is 12.1 Å². The Balaban J connectivity index is 1.07. The lowest BCUT2D eigenvalue weighted by Crippen LogP contribution is -2.47. The number of likely N-dealkylation sites (tertiary alicyclic amines) is 1. The Morgan fingerprint density at radius 1 is 0.971 bits per heavy atom. The van der Waals surface area contributed by atoms with E-state index in [1.54, 1.807) is 4.90 Å². The van der Waals surface area contributed by atoms with Crippen LogP contribution in [0.5, 0.6) is 0 Å². The zero-order chi connectivity index (χ0) is 24.1. The molecule has 0 spiro atoms. The molecule has 0 aromatic heterocycles. The SMILES string of the molecule is O=C(NC(CC(=O)N1C[C@@H]2C(C(=O)O)[C@@H]2C1)C1CCC1)OCC1c2ccccc2-c2ccccc21. The number of carbonyl (C=O) groups is 3. The van der Waals surface area contributed by atoms with Crippen LogP contribution >= 0.6 is 0 Å². The number of fused-ring (bicyclic) bond motifs is 4. The molecule has 4 aliphatic rings. The van der Waals surface area contributed by atoms with Gasteiger partial charge in [-0.15, -0.1) is 0 Å². The first-order valence-electron chi connectivity index (χ1n) is 12.6. The van der Waals surface area contributed by atoms with Crippen LogP contribution in [0.2, 0.25) is 0 Å². The average molecular weight is 475 g/mol. The van der Waals surface area contributed by atoms with E-state index in [2.05, 4.69) is 29.6 Å². The number of hydrogen-bond donors (Lipinski definition) is 2.